The fourth-order valence-corrected chi connectivity index (χ4v) is 2.42. The highest BCUT2D eigenvalue weighted by Gasteiger charge is 2.18. The van der Waals surface area contributed by atoms with Crippen LogP contribution in [0.3, 0.4) is 0 Å². The van der Waals surface area contributed by atoms with E-state index in [9.17, 15) is 4.79 Å². The van der Waals surface area contributed by atoms with E-state index < -0.39 is 5.91 Å². The second kappa shape index (κ2) is 7.24. The SMILES string of the molecule is CCCNCCOc1nc2c(cc1C(N)=O)CCCC2. The third-order valence-electron chi connectivity index (χ3n) is 3.48. The molecule has 0 bridgehead atoms. The summed E-state index contributed by atoms with van der Waals surface area (Å²) in [6, 6.07) is 1.86. The predicted molar refractivity (Wildman–Crippen MR) is 78.1 cm³/mol. The molecule has 0 spiro atoms. The van der Waals surface area contributed by atoms with Crippen LogP contribution in [0.2, 0.25) is 0 Å². The topological polar surface area (TPSA) is 77.2 Å². The molecular weight excluding hydrogens is 254 g/mol. The number of nitrogens with two attached hydrogens (primary N) is 1. The summed E-state index contributed by atoms with van der Waals surface area (Å²) in [5, 5.41) is 3.25. The van der Waals surface area contributed by atoms with Gasteiger partial charge in [0.15, 0.2) is 0 Å². The lowest BCUT2D eigenvalue weighted by atomic mass is 9.95. The van der Waals surface area contributed by atoms with E-state index in [1.54, 1.807) is 0 Å². The number of nitrogens with one attached hydrogen (secondary N) is 1. The van der Waals surface area contributed by atoms with Gasteiger partial charge in [0.2, 0.25) is 5.88 Å². The van der Waals surface area contributed by atoms with Crippen molar-refractivity contribution < 1.29 is 9.53 Å². The number of rotatable bonds is 7. The minimum absolute atomic E-state index is 0.386. The van der Waals surface area contributed by atoms with Gasteiger partial charge in [-0.2, -0.15) is 0 Å². The monoisotopic (exact) mass is 277 g/mol. The van der Waals surface area contributed by atoms with Crippen LogP contribution in [0, 0.1) is 0 Å². The molecule has 3 N–H and O–H groups in total. The van der Waals surface area contributed by atoms with Gasteiger partial charge in [-0.25, -0.2) is 4.98 Å². The molecule has 0 atom stereocenters. The molecule has 0 aliphatic heterocycles. The van der Waals surface area contributed by atoms with E-state index in [-0.39, 0.29) is 0 Å². The summed E-state index contributed by atoms with van der Waals surface area (Å²) in [6.07, 6.45) is 5.31. The number of nitrogens with zero attached hydrogens (tertiary/aromatic N) is 1. The van der Waals surface area contributed by atoms with Crippen LogP contribution < -0.4 is 15.8 Å². The number of hydrogen-bond donors (Lipinski definition) is 2. The van der Waals surface area contributed by atoms with Crippen molar-refractivity contribution in [2.24, 2.45) is 5.73 Å². The first kappa shape index (κ1) is 14.8. The maximum absolute atomic E-state index is 11.5. The van der Waals surface area contributed by atoms with Gasteiger partial charge in [-0.1, -0.05) is 6.92 Å². The summed E-state index contributed by atoms with van der Waals surface area (Å²) in [5.41, 5.74) is 8.02. The van der Waals surface area contributed by atoms with E-state index >= 15 is 0 Å². The number of primary amides is 1. The molecule has 0 saturated carbocycles. The van der Waals surface area contributed by atoms with Gasteiger partial charge >= 0.3 is 0 Å². The Hall–Kier alpha value is -1.62. The Morgan fingerprint density at radius 2 is 2.20 bits per heavy atom. The average Bonchev–Trinajstić information content (AvgIpc) is 2.46. The number of pyridine rings is 1. The van der Waals surface area contributed by atoms with Crippen molar-refractivity contribution in [3.8, 4) is 5.88 Å². The van der Waals surface area contributed by atoms with Crippen molar-refractivity contribution >= 4 is 5.91 Å². The van der Waals surface area contributed by atoms with Crippen LogP contribution in [0.15, 0.2) is 6.07 Å². The largest absolute Gasteiger partial charge is 0.476 e. The van der Waals surface area contributed by atoms with Crippen LogP contribution in [0.1, 0.15) is 47.8 Å². The van der Waals surface area contributed by atoms with Crippen LogP contribution in [0.4, 0.5) is 0 Å². The molecule has 1 aliphatic carbocycles. The smallest absolute Gasteiger partial charge is 0.254 e. The Balaban J connectivity index is 2.07. The number of amides is 1. The average molecular weight is 277 g/mol. The molecule has 5 heteroatoms. The number of carbonyl (C=O) groups excluding carboxylic acids is 1. The third-order valence-corrected chi connectivity index (χ3v) is 3.48. The van der Waals surface area contributed by atoms with Gasteiger partial charge in [0, 0.05) is 12.2 Å². The molecular formula is C15H23N3O2. The number of aryl methyl sites for hydroxylation is 2. The first-order chi connectivity index (χ1) is 9.72. The lowest BCUT2D eigenvalue weighted by Gasteiger charge is -2.18. The molecule has 1 aliphatic rings. The zero-order valence-corrected chi connectivity index (χ0v) is 12.1. The molecule has 0 unspecified atom stereocenters. The van der Waals surface area contributed by atoms with Crippen molar-refractivity contribution in [1.82, 2.24) is 10.3 Å². The van der Waals surface area contributed by atoms with Crippen LogP contribution in [-0.4, -0.2) is 30.6 Å². The van der Waals surface area contributed by atoms with E-state index in [2.05, 4.69) is 17.2 Å². The highest BCUT2D eigenvalue weighted by atomic mass is 16.5. The lowest BCUT2D eigenvalue weighted by Crippen LogP contribution is -2.23. The molecule has 110 valence electrons. The summed E-state index contributed by atoms with van der Waals surface area (Å²) in [7, 11) is 0. The van der Waals surface area contributed by atoms with Crippen molar-refractivity contribution in [3.63, 3.8) is 0 Å². The minimum Gasteiger partial charge on any atom is -0.476 e. The quantitative estimate of drug-likeness (QED) is 0.739. The maximum Gasteiger partial charge on any atom is 0.254 e. The summed E-state index contributed by atoms with van der Waals surface area (Å²) < 4.78 is 5.64. The van der Waals surface area contributed by atoms with Gasteiger partial charge < -0.3 is 15.8 Å². The number of fused-ring (bicyclic) bond motifs is 1. The van der Waals surface area contributed by atoms with Crippen LogP contribution in [0.5, 0.6) is 5.88 Å². The Morgan fingerprint density at radius 1 is 1.40 bits per heavy atom. The first-order valence-corrected chi connectivity index (χ1v) is 7.38. The Labute approximate surface area is 119 Å². The Kier molecular flexibility index (Phi) is 5.35. The lowest BCUT2D eigenvalue weighted by molar-refractivity contribution is 0.0995. The molecule has 0 radical (unpaired) electrons. The standard InChI is InChI=1S/C15H23N3O2/c1-2-7-17-8-9-20-15-12(14(16)19)10-11-5-3-4-6-13(11)18-15/h10,17H,2-9H2,1H3,(H2,16,19). The van der Waals surface area contributed by atoms with E-state index in [1.807, 2.05) is 6.07 Å². The molecule has 0 saturated heterocycles. The molecule has 1 amide bonds. The van der Waals surface area contributed by atoms with Gasteiger partial charge in [-0.3, -0.25) is 4.79 Å². The summed E-state index contributed by atoms with van der Waals surface area (Å²) >= 11 is 0. The van der Waals surface area contributed by atoms with Crippen molar-refractivity contribution in [3.05, 3.63) is 22.9 Å². The predicted octanol–water partition coefficient (Wildman–Crippen LogP) is 1.44. The molecule has 1 heterocycles. The molecule has 1 aromatic rings. The molecule has 0 aromatic carbocycles. The van der Waals surface area contributed by atoms with Crippen LogP contribution >= 0.6 is 0 Å². The minimum atomic E-state index is -0.470. The Bertz CT molecular complexity index is 474. The summed E-state index contributed by atoms with van der Waals surface area (Å²) in [6.45, 7) is 4.31. The molecule has 1 aromatic heterocycles. The number of ether oxygens (including phenoxy) is 1. The second-order valence-corrected chi connectivity index (χ2v) is 5.12. The molecule has 20 heavy (non-hydrogen) atoms. The van der Waals surface area contributed by atoms with E-state index in [4.69, 9.17) is 10.5 Å². The van der Waals surface area contributed by atoms with Crippen LogP contribution in [0.25, 0.3) is 0 Å². The van der Waals surface area contributed by atoms with Gasteiger partial charge in [0.1, 0.15) is 12.2 Å². The molecule has 2 rings (SSSR count). The fraction of sp³-hybridized carbons (Fsp3) is 0.600. The van der Waals surface area contributed by atoms with Crippen molar-refractivity contribution in [2.45, 2.75) is 39.0 Å². The summed E-state index contributed by atoms with van der Waals surface area (Å²) in [4.78, 5) is 16.0. The van der Waals surface area contributed by atoms with Gasteiger partial charge in [0.05, 0.1) is 0 Å². The van der Waals surface area contributed by atoms with Crippen molar-refractivity contribution in [1.29, 1.82) is 0 Å². The normalized spacial score (nSPS) is 13.8. The van der Waals surface area contributed by atoms with E-state index in [0.717, 1.165) is 56.5 Å². The number of aromatic nitrogens is 1. The third kappa shape index (κ3) is 3.70. The van der Waals surface area contributed by atoms with Gasteiger partial charge in [-0.15, -0.1) is 0 Å². The maximum atomic E-state index is 11.5. The Morgan fingerprint density at radius 3 is 2.95 bits per heavy atom. The molecule has 5 nitrogen and oxygen atoms in total. The van der Waals surface area contributed by atoms with Crippen molar-refractivity contribution in [2.75, 3.05) is 19.7 Å². The number of carbonyl (C=O) groups is 1. The second-order valence-electron chi connectivity index (χ2n) is 5.12. The molecule has 0 fully saturated rings. The van der Waals surface area contributed by atoms with Gasteiger partial charge in [-0.05, 0) is 50.3 Å². The zero-order valence-electron chi connectivity index (χ0n) is 12.1. The van der Waals surface area contributed by atoms with Gasteiger partial charge in [0.25, 0.3) is 5.91 Å². The highest BCUT2D eigenvalue weighted by molar-refractivity contribution is 5.95. The van der Waals surface area contributed by atoms with Crippen LogP contribution in [-0.2, 0) is 12.8 Å². The number of hydrogen-bond acceptors (Lipinski definition) is 4. The zero-order chi connectivity index (χ0) is 14.4. The fourth-order valence-electron chi connectivity index (χ4n) is 2.42. The van der Waals surface area contributed by atoms with E-state index in [1.165, 1.54) is 0 Å². The summed E-state index contributed by atoms with van der Waals surface area (Å²) in [5.74, 6) is -0.0844. The van der Waals surface area contributed by atoms with E-state index in [0.29, 0.717) is 18.1 Å². The highest BCUT2D eigenvalue weighted by Crippen LogP contribution is 2.25. The first-order valence-electron chi connectivity index (χ1n) is 7.38.